The number of carbonyl (C=O) groups is 2. The second-order valence-electron chi connectivity index (χ2n) is 7.70. The molecule has 1 heterocycles. The van der Waals surface area contributed by atoms with Crippen LogP contribution in [0.2, 0.25) is 0 Å². The van der Waals surface area contributed by atoms with Gasteiger partial charge in [-0.3, -0.25) is 0 Å². The maximum Gasteiger partial charge on any atom is 0.426 e. The Balaban J connectivity index is 2.17. The SMILES string of the molecule is CC(C)(C)OC(=O)NN(Cc1cccc(C#N)c1)C(=O)N1CCCCCC1. The zero-order valence-corrected chi connectivity index (χ0v) is 16.3. The van der Waals surface area contributed by atoms with E-state index in [1.807, 2.05) is 6.07 Å². The number of nitrogens with zero attached hydrogens (tertiary/aromatic N) is 3. The number of likely N-dealkylation sites (tertiary alicyclic amines) is 1. The van der Waals surface area contributed by atoms with Crippen molar-refractivity contribution in [1.82, 2.24) is 15.3 Å². The molecular weight excluding hydrogens is 344 g/mol. The zero-order chi connectivity index (χ0) is 19.9. The van der Waals surface area contributed by atoms with Gasteiger partial charge in [0.1, 0.15) is 5.60 Å². The number of rotatable bonds is 2. The average molecular weight is 372 g/mol. The first-order chi connectivity index (χ1) is 12.8. The molecule has 0 unspecified atom stereocenters. The van der Waals surface area contributed by atoms with Gasteiger partial charge in [-0.05, 0) is 51.3 Å². The summed E-state index contributed by atoms with van der Waals surface area (Å²) in [4.78, 5) is 27.0. The summed E-state index contributed by atoms with van der Waals surface area (Å²) in [7, 11) is 0. The van der Waals surface area contributed by atoms with E-state index >= 15 is 0 Å². The fraction of sp³-hybridized carbons (Fsp3) is 0.550. The molecule has 1 aromatic carbocycles. The van der Waals surface area contributed by atoms with Crippen molar-refractivity contribution in [3.05, 3.63) is 35.4 Å². The average Bonchev–Trinajstić information content (AvgIpc) is 2.88. The third-order valence-corrected chi connectivity index (χ3v) is 4.13. The summed E-state index contributed by atoms with van der Waals surface area (Å²) < 4.78 is 5.30. The standard InChI is InChI=1S/C20H28N4O3/c1-20(2,3)27-18(25)22-24(15-17-10-8-9-16(13-17)14-21)19(26)23-11-6-4-5-7-12-23/h8-10,13H,4-7,11-12,15H2,1-3H3,(H,22,25). The van der Waals surface area contributed by atoms with Crippen LogP contribution in [0.1, 0.15) is 57.6 Å². The van der Waals surface area contributed by atoms with Gasteiger partial charge in [0.15, 0.2) is 0 Å². The van der Waals surface area contributed by atoms with E-state index in [2.05, 4.69) is 11.5 Å². The van der Waals surface area contributed by atoms with Crippen molar-refractivity contribution in [2.45, 2.75) is 58.6 Å². The number of nitrogens with one attached hydrogen (secondary N) is 1. The van der Waals surface area contributed by atoms with Crippen molar-refractivity contribution < 1.29 is 14.3 Å². The molecule has 0 atom stereocenters. The van der Waals surface area contributed by atoms with E-state index in [9.17, 15) is 9.59 Å². The summed E-state index contributed by atoms with van der Waals surface area (Å²) in [6.07, 6.45) is 3.44. The van der Waals surface area contributed by atoms with Crippen molar-refractivity contribution in [3.63, 3.8) is 0 Å². The summed E-state index contributed by atoms with van der Waals surface area (Å²) in [6.45, 7) is 6.80. The van der Waals surface area contributed by atoms with E-state index < -0.39 is 11.7 Å². The highest BCUT2D eigenvalue weighted by molar-refractivity contribution is 5.78. The van der Waals surface area contributed by atoms with E-state index in [1.165, 1.54) is 5.01 Å². The zero-order valence-electron chi connectivity index (χ0n) is 16.3. The van der Waals surface area contributed by atoms with Crippen molar-refractivity contribution in [2.24, 2.45) is 0 Å². The third-order valence-electron chi connectivity index (χ3n) is 4.13. The number of nitriles is 1. The second-order valence-corrected chi connectivity index (χ2v) is 7.70. The van der Waals surface area contributed by atoms with Crippen molar-refractivity contribution in [1.29, 1.82) is 5.26 Å². The quantitative estimate of drug-likeness (QED) is 0.800. The van der Waals surface area contributed by atoms with Crippen LogP contribution in [0.5, 0.6) is 0 Å². The number of amides is 3. The first-order valence-corrected chi connectivity index (χ1v) is 9.33. The normalized spacial score (nSPS) is 14.7. The molecule has 7 heteroatoms. The Morgan fingerprint density at radius 1 is 1.22 bits per heavy atom. The highest BCUT2D eigenvalue weighted by Gasteiger charge is 2.26. The molecule has 146 valence electrons. The Kier molecular flexibility index (Phi) is 7.05. The van der Waals surface area contributed by atoms with Gasteiger partial charge in [-0.2, -0.15) is 5.26 Å². The number of hydrazine groups is 1. The maximum absolute atomic E-state index is 13.0. The topological polar surface area (TPSA) is 85.7 Å². The molecule has 1 fully saturated rings. The molecule has 0 aliphatic carbocycles. The number of hydrogen-bond donors (Lipinski definition) is 1. The van der Waals surface area contributed by atoms with E-state index in [0.717, 1.165) is 31.2 Å². The molecule has 0 radical (unpaired) electrons. The molecule has 3 amide bonds. The van der Waals surface area contributed by atoms with Crippen LogP contribution in [0.4, 0.5) is 9.59 Å². The molecule has 1 N–H and O–H groups in total. The summed E-state index contributed by atoms with van der Waals surface area (Å²) in [5, 5.41) is 10.4. The van der Waals surface area contributed by atoms with Gasteiger partial charge in [-0.15, -0.1) is 0 Å². The monoisotopic (exact) mass is 372 g/mol. The van der Waals surface area contributed by atoms with Crippen molar-refractivity contribution in [3.8, 4) is 6.07 Å². The Hall–Kier alpha value is -2.75. The molecule has 0 spiro atoms. The Morgan fingerprint density at radius 2 is 1.89 bits per heavy atom. The highest BCUT2D eigenvalue weighted by Crippen LogP contribution is 2.14. The van der Waals surface area contributed by atoms with Gasteiger partial charge in [0.2, 0.25) is 0 Å². The van der Waals surface area contributed by atoms with Gasteiger partial charge in [0.25, 0.3) is 0 Å². The van der Waals surface area contributed by atoms with Gasteiger partial charge in [0.05, 0.1) is 18.2 Å². The molecule has 1 aliphatic rings. The van der Waals surface area contributed by atoms with Gasteiger partial charge in [-0.25, -0.2) is 20.0 Å². The highest BCUT2D eigenvalue weighted by atomic mass is 16.6. The minimum Gasteiger partial charge on any atom is -0.443 e. The van der Waals surface area contributed by atoms with Gasteiger partial charge in [0, 0.05) is 13.1 Å². The smallest absolute Gasteiger partial charge is 0.426 e. The lowest BCUT2D eigenvalue weighted by Gasteiger charge is -2.31. The summed E-state index contributed by atoms with van der Waals surface area (Å²) in [5.74, 6) is 0. The van der Waals surface area contributed by atoms with Gasteiger partial charge < -0.3 is 9.64 Å². The van der Waals surface area contributed by atoms with Crippen molar-refractivity contribution >= 4 is 12.1 Å². The first-order valence-electron chi connectivity index (χ1n) is 9.33. The van der Waals surface area contributed by atoms with E-state index in [-0.39, 0.29) is 12.6 Å². The lowest BCUT2D eigenvalue weighted by atomic mass is 10.1. The van der Waals surface area contributed by atoms with Crippen LogP contribution in [-0.4, -0.2) is 40.7 Å². The number of ether oxygens (including phenoxy) is 1. The molecule has 1 aliphatic heterocycles. The molecule has 0 bridgehead atoms. The predicted octanol–water partition coefficient (Wildman–Crippen LogP) is 3.80. The molecule has 1 saturated heterocycles. The van der Waals surface area contributed by atoms with Crippen LogP contribution >= 0.6 is 0 Å². The minimum atomic E-state index is -0.679. The molecule has 7 nitrogen and oxygen atoms in total. The number of hydrogen-bond acceptors (Lipinski definition) is 4. The number of urea groups is 1. The van der Waals surface area contributed by atoms with E-state index in [1.54, 1.807) is 43.9 Å². The summed E-state index contributed by atoms with van der Waals surface area (Å²) in [5.41, 5.74) is 3.17. The number of benzene rings is 1. The van der Waals surface area contributed by atoms with Crippen LogP contribution in [0.3, 0.4) is 0 Å². The predicted molar refractivity (Wildman–Crippen MR) is 102 cm³/mol. The lowest BCUT2D eigenvalue weighted by Crippen LogP contribution is -2.52. The van der Waals surface area contributed by atoms with Crippen LogP contribution in [0.25, 0.3) is 0 Å². The molecule has 27 heavy (non-hydrogen) atoms. The lowest BCUT2D eigenvalue weighted by molar-refractivity contribution is 0.0337. The van der Waals surface area contributed by atoms with Crippen LogP contribution in [0, 0.1) is 11.3 Å². The van der Waals surface area contributed by atoms with Crippen LogP contribution in [0.15, 0.2) is 24.3 Å². The summed E-state index contributed by atoms with van der Waals surface area (Å²) >= 11 is 0. The summed E-state index contributed by atoms with van der Waals surface area (Å²) in [6, 6.07) is 8.82. The van der Waals surface area contributed by atoms with Crippen molar-refractivity contribution in [2.75, 3.05) is 13.1 Å². The molecule has 0 saturated carbocycles. The van der Waals surface area contributed by atoms with Gasteiger partial charge in [-0.1, -0.05) is 25.0 Å². The van der Waals surface area contributed by atoms with Crippen LogP contribution < -0.4 is 5.43 Å². The fourth-order valence-electron chi connectivity index (χ4n) is 2.92. The Morgan fingerprint density at radius 3 is 2.48 bits per heavy atom. The molecule has 0 aromatic heterocycles. The van der Waals surface area contributed by atoms with Crippen LogP contribution in [-0.2, 0) is 11.3 Å². The third kappa shape index (κ3) is 6.81. The Bertz CT molecular complexity index is 698. The minimum absolute atomic E-state index is 0.157. The molecule has 1 aromatic rings. The maximum atomic E-state index is 13.0. The Labute approximate surface area is 160 Å². The molecular formula is C20H28N4O3. The van der Waals surface area contributed by atoms with Gasteiger partial charge >= 0.3 is 12.1 Å². The van der Waals surface area contributed by atoms with E-state index in [4.69, 9.17) is 10.00 Å². The largest absolute Gasteiger partial charge is 0.443 e. The first kappa shape index (κ1) is 20.6. The number of carbonyl (C=O) groups excluding carboxylic acids is 2. The van der Waals surface area contributed by atoms with E-state index in [0.29, 0.717) is 18.7 Å². The second kappa shape index (κ2) is 9.26. The fourth-order valence-corrected chi connectivity index (χ4v) is 2.92. The molecule has 2 rings (SSSR count).